The molecule has 0 saturated carbocycles. The Balaban J connectivity index is 2.72. The van der Waals surface area contributed by atoms with Gasteiger partial charge in [0.1, 0.15) is 0 Å². The Labute approximate surface area is 110 Å². The van der Waals surface area contributed by atoms with Gasteiger partial charge in [0.15, 0.2) is 9.84 Å². The van der Waals surface area contributed by atoms with Crippen LogP contribution in [-0.4, -0.2) is 37.7 Å². The smallest absolute Gasteiger partial charge is 0.394 e. The number of carboxylic acids is 1. The van der Waals surface area contributed by atoms with Crippen LogP contribution in [0.3, 0.4) is 0 Å². The number of sulfone groups is 1. The Kier molecular flexibility index (Phi) is 3.09. The Morgan fingerprint density at radius 1 is 1.26 bits per heavy atom. The summed E-state index contributed by atoms with van der Waals surface area (Å²) in [5, 5.41) is 8.81. The number of carboxylic acid groups (broad SMARTS) is 1. The second-order valence-corrected chi connectivity index (χ2v) is 6.51. The lowest BCUT2D eigenvalue weighted by Crippen LogP contribution is -2.43. The lowest BCUT2D eigenvalue weighted by Gasteiger charge is -2.30. The zero-order valence-corrected chi connectivity index (χ0v) is 11.3. The van der Waals surface area contributed by atoms with Gasteiger partial charge in [-0.3, -0.25) is 4.79 Å². The molecule has 0 bridgehead atoms. The van der Waals surface area contributed by atoms with Crippen molar-refractivity contribution < 1.29 is 23.1 Å². The number of amides is 1. The maximum atomic E-state index is 12.0. The van der Waals surface area contributed by atoms with Crippen molar-refractivity contribution in [3.8, 4) is 0 Å². The number of anilines is 1. The second-order valence-electron chi connectivity index (χ2n) is 4.44. The Hall–Kier alpha value is -1.89. The molecule has 0 unspecified atom stereocenters. The summed E-state index contributed by atoms with van der Waals surface area (Å²) in [6, 6.07) is 3.08. The Morgan fingerprint density at radius 3 is 2.47 bits per heavy atom. The highest BCUT2D eigenvalue weighted by Crippen LogP contribution is 2.35. The van der Waals surface area contributed by atoms with Crippen LogP contribution in [0.25, 0.3) is 0 Å². The van der Waals surface area contributed by atoms with Crippen LogP contribution in [0.15, 0.2) is 17.0 Å². The van der Waals surface area contributed by atoms with Crippen molar-refractivity contribution >= 4 is 27.4 Å². The minimum atomic E-state index is -3.46. The third kappa shape index (κ3) is 2.10. The molecule has 2 rings (SSSR count). The molecule has 1 aliphatic rings. The van der Waals surface area contributed by atoms with Gasteiger partial charge >= 0.3 is 11.9 Å². The lowest BCUT2D eigenvalue weighted by molar-refractivity contribution is -0.148. The fourth-order valence-corrected chi connectivity index (χ4v) is 3.59. The number of aryl methyl sites for hydroxylation is 1. The summed E-state index contributed by atoms with van der Waals surface area (Å²) in [6.07, 6.45) is 0. The third-order valence-corrected chi connectivity index (χ3v) is 5.00. The molecule has 0 aromatic heterocycles. The van der Waals surface area contributed by atoms with E-state index in [1.54, 1.807) is 19.9 Å². The van der Waals surface area contributed by atoms with Crippen molar-refractivity contribution in [2.24, 2.45) is 0 Å². The van der Waals surface area contributed by atoms with E-state index in [1.165, 1.54) is 6.07 Å². The van der Waals surface area contributed by atoms with Crippen LogP contribution in [0.5, 0.6) is 0 Å². The van der Waals surface area contributed by atoms with Crippen LogP contribution in [0, 0.1) is 13.8 Å². The van der Waals surface area contributed by atoms with Gasteiger partial charge in [0.2, 0.25) is 0 Å². The van der Waals surface area contributed by atoms with Gasteiger partial charge in [-0.25, -0.2) is 13.2 Å². The minimum Gasteiger partial charge on any atom is -0.474 e. The predicted octanol–water partition coefficient (Wildman–Crippen LogP) is 0.508. The summed E-state index contributed by atoms with van der Waals surface area (Å²) in [5.74, 6) is -2.96. The molecule has 1 amide bonds. The highest BCUT2D eigenvalue weighted by Gasteiger charge is 2.35. The number of benzene rings is 1. The Bertz CT molecular complexity index is 678. The molecule has 0 aliphatic carbocycles. The van der Waals surface area contributed by atoms with Gasteiger partial charge in [-0.15, -0.1) is 0 Å². The van der Waals surface area contributed by atoms with Crippen LogP contribution >= 0.6 is 0 Å². The predicted molar refractivity (Wildman–Crippen MR) is 68.0 cm³/mol. The molecule has 0 spiro atoms. The fourth-order valence-electron chi connectivity index (χ4n) is 2.11. The number of carbonyl (C=O) groups is 2. The van der Waals surface area contributed by atoms with Crippen LogP contribution < -0.4 is 4.90 Å². The fraction of sp³-hybridized carbons (Fsp3) is 0.333. The lowest BCUT2D eigenvalue weighted by atomic mass is 10.1. The first-order valence-corrected chi connectivity index (χ1v) is 7.28. The van der Waals surface area contributed by atoms with Crippen molar-refractivity contribution in [1.82, 2.24) is 0 Å². The molecular weight excluding hydrogens is 270 g/mol. The SMILES string of the molecule is Cc1ccc2c(c1C)N(C(=O)C(=O)O)CCS2(=O)=O. The van der Waals surface area contributed by atoms with Gasteiger partial charge in [0, 0.05) is 6.54 Å². The molecule has 102 valence electrons. The Morgan fingerprint density at radius 2 is 1.89 bits per heavy atom. The van der Waals surface area contributed by atoms with Crippen molar-refractivity contribution in [2.45, 2.75) is 18.7 Å². The molecule has 0 radical (unpaired) electrons. The normalized spacial score (nSPS) is 16.8. The van der Waals surface area contributed by atoms with Gasteiger partial charge in [0.05, 0.1) is 16.3 Å². The summed E-state index contributed by atoms with van der Waals surface area (Å²) in [6.45, 7) is 3.32. The molecule has 19 heavy (non-hydrogen) atoms. The molecule has 1 heterocycles. The summed E-state index contributed by atoms with van der Waals surface area (Å²) in [7, 11) is -3.46. The van der Waals surface area contributed by atoms with Gasteiger partial charge in [-0.05, 0) is 31.0 Å². The summed E-state index contributed by atoms with van der Waals surface area (Å²) in [4.78, 5) is 23.5. The highest BCUT2D eigenvalue weighted by atomic mass is 32.2. The first-order valence-electron chi connectivity index (χ1n) is 5.63. The average molecular weight is 283 g/mol. The van der Waals surface area contributed by atoms with E-state index < -0.39 is 21.7 Å². The van der Waals surface area contributed by atoms with E-state index >= 15 is 0 Å². The molecule has 1 aliphatic heterocycles. The van der Waals surface area contributed by atoms with Gasteiger partial charge in [-0.1, -0.05) is 6.07 Å². The molecule has 7 heteroatoms. The maximum absolute atomic E-state index is 12.0. The molecule has 0 saturated heterocycles. The zero-order chi connectivity index (χ0) is 14.4. The van der Waals surface area contributed by atoms with Crippen LogP contribution in [0.2, 0.25) is 0 Å². The number of aliphatic carboxylic acids is 1. The molecular formula is C12H13NO5S. The standard InChI is InChI=1S/C12H13NO5S/c1-7-3-4-9-10(8(7)2)13(11(14)12(15)16)5-6-19(9,17)18/h3-4H,5-6H2,1-2H3,(H,15,16). The van der Waals surface area contributed by atoms with Crippen LogP contribution in [-0.2, 0) is 19.4 Å². The summed E-state index contributed by atoms with van der Waals surface area (Å²) < 4.78 is 24.0. The van der Waals surface area contributed by atoms with Gasteiger partial charge < -0.3 is 10.0 Å². The molecule has 0 atom stereocenters. The van der Waals surface area contributed by atoms with E-state index in [1.807, 2.05) is 0 Å². The summed E-state index contributed by atoms with van der Waals surface area (Å²) in [5.41, 5.74) is 1.60. The van der Waals surface area contributed by atoms with Crippen molar-refractivity contribution in [3.05, 3.63) is 23.3 Å². The van der Waals surface area contributed by atoms with E-state index in [4.69, 9.17) is 5.11 Å². The largest absolute Gasteiger partial charge is 0.474 e. The number of nitrogens with zero attached hydrogens (tertiary/aromatic N) is 1. The van der Waals surface area contributed by atoms with E-state index in [0.717, 1.165) is 10.5 Å². The van der Waals surface area contributed by atoms with E-state index in [0.29, 0.717) is 5.56 Å². The average Bonchev–Trinajstić information content (AvgIpc) is 2.33. The number of hydrogen-bond donors (Lipinski definition) is 1. The maximum Gasteiger partial charge on any atom is 0.394 e. The number of fused-ring (bicyclic) bond motifs is 1. The second kappa shape index (κ2) is 4.34. The first kappa shape index (κ1) is 13.5. The summed E-state index contributed by atoms with van der Waals surface area (Å²) >= 11 is 0. The van der Waals surface area contributed by atoms with E-state index in [-0.39, 0.29) is 22.9 Å². The van der Waals surface area contributed by atoms with Crippen LogP contribution in [0.1, 0.15) is 11.1 Å². The molecule has 1 aromatic carbocycles. The zero-order valence-electron chi connectivity index (χ0n) is 10.5. The van der Waals surface area contributed by atoms with Crippen LogP contribution in [0.4, 0.5) is 5.69 Å². The minimum absolute atomic E-state index is 0.0245. The van der Waals surface area contributed by atoms with Crippen molar-refractivity contribution in [3.63, 3.8) is 0 Å². The highest BCUT2D eigenvalue weighted by molar-refractivity contribution is 7.91. The molecule has 1 N–H and O–H groups in total. The molecule has 0 fully saturated rings. The van der Waals surface area contributed by atoms with Crippen molar-refractivity contribution in [1.29, 1.82) is 0 Å². The molecule has 1 aromatic rings. The monoisotopic (exact) mass is 283 g/mol. The topological polar surface area (TPSA) is 91.8 Å². The van der Waals surface area contributed by atoms with Gasteiger partial charge in [-0.2, -0.15) is 0 Å². The third-order valence-electron chi connectivity index (χ3n) is 3.28. The number of hydrogen-bond acceptors (Lipinski definition) is 4. The molecule has 6 nitrogen and oxygen atoms in total. The number of rotatable bonds is 0. The number of carbonyl (C=O) groups excluding carboxylic acids is 1. The van der Waals surface area contributed by atoms with E-state index in [9.17, 15) is 18.0 Å². The quantitative estimate of drug-likeness (QED) is 0.700. The first-order chi connectivity index (χ1) is 8.75. The van der Waals surface area contributed by atoms with Gasteiger partial charge in [0.25, 0.3) is 0 Å². The van der Waals surface area contributed by atoms with Crippen molar-refractivity contribution in [2.75, 3.05) is 17.2 Å². The van der Waals surface area contributed by atoms with E-state index in [2.05, 4.69) is 0 Å².